The van der Waals surface area contributed by atoms with Crippen LogP contribution in [0.25, 0.3) is 0 Å². The van der Waals surface area contributed by atoms with Gasteiger partial charge in [0, 0.05) is 12.1 Å². The topological polar surface area (TPSA) is 65.2 Å². The Labute approximate surface area is 128 Å². The van der Waals surface area contributed by atoms with Gasteiger partial charge in [0.1, 0.15) is 5.10 Å². The first-order chi connectivity index (χ1) is 9.88. The van der Waals surface area contributed by atoms with Gasteiger partial charge in [-0.2, -0.15) is 0 Å². The predicted molar refractivity (Wildman–Crippen MR) is 81.4 cm³/mol. The Morgan fingerprint density at radius 1 is 1.29 bits per heavy atom. The first-order valence-electron chi connectivity index (χ1n) is 6.53. The van der Waals surface area contributed by atoms with Crippen molar-refractivity contribution in [3.05, 3.63) is 45.0 Å². The zero-order valence-electron chi connectivity index (χ0n) is 12.2. The molecule has 114 valence electrons. The molecular weight excluding hydrogens is 294 g/mol. The minimum Gasteiger partial charge on any atom is -0.328 e. The largest absolute Gasteiger partial charge is 0.328 e. The molecule has 0 radical (unpaired) electrons. The number of nitrogens with zero attached hydrogens (tertiary/aromatic N) is 5. The molecule has 21 heavy (non-hydrogen) atoms. The Balaban J connectivity index is 2.32. The standard InChI is InChI=1S/C13H18ClN5O2/c1-10(11-4-6-12(14)7-5-11)18-9-16(2)8-17(3)13(18)15-19(20)21/h4-7,10H,8-9H2,1-3H3. The van der Waals surface area contributed by atoms with Crippen LogP contribution >= 0.6 is 11.6 Å². The predicted octanol–water partition coefficient (Wildman–Crippen LogP) is 2.04. The molecule has 1 atom stereocenters. The summed E-state index contributed by atoms with van der Waals surface area (Å²) < 4.78 is 0. The summed E-state index contributed by atoms with van der Waals surface area (Å²) in [6, 6.07) is 7.42. The second-order valence-corrected chi connectivity index (χ2v) is 5.61. The van der Waals surface area contributed by atoms with Crippen molar-refractivity contribution in [2.45, 2.75) is 13.0 Å². The number of halogens is 1. The van der Waals surface area contributed by atoms with Crippen LogP contribution in [0, 0.1) is 10.1 Å². The monoisotopic (exact) mass is 311 g/mol. The molecule has 1 aliphatic heterocycles. The molecule has 7 nitrogen and oxygen atoms in total. The summed E-state index contributed by atoms with van der Waals surface area (Å²) in [7, 11) is 3.75. The van der Waals surface area contributed by atoms with Crippen molar-refractivity contribution in [3.8, 4) is 0 Å². The van der Waals surface area contributed by atoms with Crippen LogP contribution < -0.4 is 0 Å². The lowest BCUT2D eigenvalue weighted by atomic mass is 10.1. The minimum atomic E-state index is -0.654. The van der Waals surface area contributed by atoms with Crippen molar-refractivity contribution in [3.63, 3.8) is 0 Å². The fraction of sp³-hybridized carbons (Fsp3) is 0.462. The minimum absolute atomic E-state index is 0.0498. The summed E-state index contributed by atoms with van der Waals surface area (Å²) in [5.41, 5.74) is 1.03. The summed E-state index contributed by atoms with van der Waals surface area (Å²) in [5, 5.41) is 14.3. The molecule has 1 aliphatic rings. The van der Waals surface area contributed by atoms with Gasteiger partial charge in [-0.15, -0.1) is 0 Å². The van der Waals surface area contributed by atoms with Crippen LogP contribution in [0.15, 0.2) is 29.4 Å². The van der Waals surface area contributed by atoms with Crippen LogP contribution in [0.3, 0.4) is 0 Å². The average Bonchev–Trinajstić information content (AvgIpc) is 2.41. The summed E-state index contributed by atoms with van der Waals surface area (Å²) >= 11 is 5.90. The molecule has 0 amide bonds. The fourth-order valence-electron chi connectivity index (χ4n) is 2.44. The molecule has 0 aliphatic carbocycles. The van der Waals surface area contributed by atoms with E-state index >= 15 is 0 Å². The Bertz CT molecular complexity index is 548. The van der Waals surface area contributed by atoms with E-state index in [1.807, 2.05) is 43.1 Å². The second-order valence-electron chi connectivity index (χ2n) is 5.17. The lowest BCUT2D eigenvalue weighted by Crippen LogP contribution is -2.56. The SMILES string of the molecule is CC(c1ccc(Cl)cc1)N1CN(C)CN(C)C1=N[N+](=O)[O-]. The summed E-state index contributed by atoms with van der Waals surface area (Å²) in [5.74, 6) is 0.362. The van der Waals surface area contributed by atoms with Gasteiger partial charge < -0.3 is 9.80 Å². The zero-order valence-corrected chi connectivity index (χ0v) is 13.0. The highest BCUT2D eigenvalue weighted by molar-refractivity contribution is 6.30. The third-order valence-corrected chi connectivity index (χ3v) is 3.69. The van der Waals surface area contributed by atoms with E-state index in [2.05, 4.69) is 10.0 Å². The van der Waals surface area contributed by atoms with E-state index in [-0.39, 0.29) is 6.04 Å². The highest BCUT2D eigenvalue weighted by Gasteiger charge is 2.31. The maximum Gasteiger partial charge on any atom is 0.276 e. The third-order valence-electron chi connectivity index (χ3n) is 3.44. The lowest BCUT2D eigenvalue weighted by Gasteiger charge is -2.43. The van der Waals surface area contributed by atoms with Gasteiger partial charge >= 0.3 is 0 Å². The molecule has 1 unspecified atom stereocenters. The number of guanidine groups is 1. The molecule has 0 bridgehead atoms. The summed E-state index contributed by atoms with van der Waals surface area (Å²) in [6.07, 6.45) is 0. The van der Waals surface area contributed by atoms with Crippen LogP contribution in [0.2, 0.25) is 5.02 Å². The van der Waals surface area contributed by atoms with Gasteiger partial charge in [0.15, 0.2) is 5.03 Å². The van der Waals surface area contributed by atoms with E-state index < -0.39 is 5.03 Å². The zero-order chi connectivity index (χ0) is 15.6. The number of hydrazone groups is 1. The maximum atomic E-state index is 10.8. The highest BCUT2D eigenvalue weighted by atomic mass is 35.5. The quantitative estimate of drug-likeness (QED) is 0.631. The number of rotatable bonds is 3. The van der Waals surface area contributed by atoms with Crippen molar-refractivity contribution < 1.29 is 5.03 Å². The Morgan fingerprint density at radius 2 is 1.90 bits per heavy atom. The molecule has 2 rings (SSSR count). The molecule has 1 fully saturated rings. The van der Waals surface area contributed by atoms with Crippen LogP contribution in [-0.2, 0) is 0 Å². The smallest absolute Gasteiger partial charge is 0.276 e. The fourth-order valence-corrected chi connectivity index (χ4v) is 2.56. The van der Waals surface area contributed by atoms with Crippen molar-refractivity contribution in [2.24, 2.45) is 5.10 Å². The van der Waals surface area contributed by atoms with Gasteiger partial charge in [0.2, 0.25) is 0 Å². The first-order valence-corrected chi connectivity index (χ1v) is 6.91. The van der Waals surface area contributed by atoms with Gasteiger partial charge in [-0.1, -0.05) is 23.7 Å². The molecule has 8 heteroatoms. The van der Waals surface area contributed by atoms with Gasteiger partial charge in [-0.3, -0.25) is 4.90 Å². The van der Waals surface area contributed by atoms with Gasteiger partial charge in [-0.05, 0) is 31.7 Å². The third kappa shape index (κ3) is 3.62. The van der Waals surface area contributed by atoms with E-state index in [0.29, 0.717) is 24.3 Å². The highest BCUT2D eigenvalue weighted by Crippen LogP contribution is 2.25. The number of hydrogen-bond acceptors (Lipinski definition) is 3. The van der Waals surface area contributed by atoms with Gasteiger partial charge in [0.25, 0.3) is 5.96 Å². The Hall–Kier alpha value is -1.86. The molecule has 1 heterocycles. The van der Waals surface area contributed by atoms with Crippen LogP contribution in [-0.4, -0.2) is 53.1 Å². The van der Waals surface area contributed by atoms with Crippen LogP contribution in [0.4, 0.5) is 0 Å². The molecular formula is C13H18ClN5O2. The van der Waals surface area contributed by atoms with Crippen molar-refractivity contribution in [1.29, 1.82) is 0 Å². The number of hydrogen-bond donors (Lipinski definition) is 0. The van der Waals surface area contributed by atoms with Gasteiger partial charge in [0.05, 0.1) is 19.4 Å². The first kappa shape index (κ1) is 15.5. The Morgan fingerprint density at radius 3 is 2.48 bits per heavy atom. The van der Waals surface area contributed by atoms with Crippen LogP contribution in [0.5, 0.6) is 0 Å². The lowest BCUT2D eigenvalue weighted by molar-refractivity contribution is -0.486. The van der Waals surface area contributed by atoms with E-state index in [1.165, 1.54) is 0 Å². The normalized spacial score (nSPS) is 19.9. The molecule has 1 aromatic carbocycles. The van der Waals surface area contributed by atoms with E-state index in [4.69, 9.17) is 11.6 Å². The van der Waals surface area contributed by atoms with Crippen LogP contribution in [0.1, 0.15) is 18.5 Å². The average molecular weight is 312 g/mol. The Kier molecular flexibility index (Phi) is 4.64. The number of benzene rings is 1. The maximum absolute atomic E-state index is 10.8. The molecule has 0 spiro atoms. The molecule has 0 aromatic heterocycles. The summed E-state index contributed by atoms with van der Waals surface area (Å²) in [4.78, 5) is 16.5. The van der Waals surface area contributed by atoms with Crippen molar-refractivity contribution in [1.82, 2.24) is 14.7 Å². The molecule has 1 aromatic rings. The molecule has 0 N–H and O–H groups in total. The van der Waals surface area contributed by atoms with E-state index in [1.54, 1.807) is 11.9 Å². The summed E-state index contributed by atoms with van der Waals surface area (Å²) in [6.45, 7) is 3.16. The second kappa shape index (κ2) is 6.28. The van der Waals surface area contributed by atoms with Crippen molar-refractivity contribution >= 4 is 17.6 Å². The van der Waals surface area contributed by atoms with Gasteiger partial charge in [-0.25, -0.2) is 10.1 Å². The number of nitro groups is 1. The molecule has 0 saturated carbocycles. The van der Waals surface area contributed by atoms with Crippen molar-refractivity contribution in [2.75, 3.05) is 27.4 Å². The van der Waals surface area contributed by atoms with E-state index in [0.717, 1.165) is 5.56 Å². The molecule has 1 saturated heterocycles. The van der Waals surface area contributed by atoms with E-state index in [9.17, 15) is 10.1 Å².